The summed E-state index contributed by atoms with van der Waals surface area (Å²) in [6.45, 7) is 11.3. The molecule has 26 heavy (non-hydrogen) atoms. The van der Waals surface area contributed by atoms with Crippen molar-refractivity contribution in [3.05, 3.63) is 77.0 Å². The minimum atomic E-state index is -0.154. The van der Waals surface area contributed by atoms with Crippen LogP contribution in [-0.2, 0) is 10.8 Å². The van der Waals surface area contributed by atoms with Crippen molar-refractivity contribution >= 4 is 11.4 Å². The van der Waals surface area contributed by atoms with Crippen LogP contribution < -0.4 is 4.90 Å². The van der Waals surface area contributed by atoms with E-state index < -0.39 is 0 Å². The summed E-state index contributed by atoms with van der Waals surface area (Å²) in [5.74, 6) is 0. The molecule has 1 heterocycles. The summed E-state index contributed by atoms with van der Waals surface area (Å²) in [5.41, 5.74) is 7.50. The molecule has 0 saturated carbocycles. The number of likely N-dealkylation sites (N-methyl/N-ethyl adjacent to an activating group) is 1. The van der Waals surface area contributed by atoms with Crippen LogP contribution >= 0.6 is 0 Å². The van der Waals surface area contributed by atoms with Crippen LogP contribution in [-0.4, -0.2) is 19.8 Å². The van der Waals surface area contributed by atoms with Crippen molar-refractivity contribution in [2.24, 2.45) is 4.99 Å². The molecule has 0 aromatic heterocycles. The van der Waals surface area contributed by atoms with Crippen molar-refractivity contribution in [1.82, 2.24) is 0 Å². The Hall–Kier alpha value is -2.35. The third kappa shape index (κ3) is 2.78. The van der Waals surface area contributed by atoms with Gasteiger partial charge in [0.1, 0.15) is 0 Å². The van der Waals surface area contributed by atoms with E-state index in [1.807, 2.05) is 7.05 Å². The lowest BCUT2D eigenvalue weighted by Gasteiger charge is -2.30. The first kappa shape index (κ1) is 18.4. The van der Waals surface area contributed by atoms with Crippen LogP contribution in [0.5, 0.6) is 0 Å². The molecule has 1 aliphatic heterocycles. The Labute approximate surface area is 158 Å². The molecule has 0 unspecified atom stereocenters. The van der Waals surface area contributed by atoms with Gasteiger partial charge in [-0.05, 0) is 35.8 Å². The second kappa shape index (κ2) is 6.42. The molecule has 0 bridgehead atoms. The van der Waals surface area contributed by atoms with Crippen molar-refractivity contribution in [2.45, 2.75) is 45.4 Å². The summed E-state index contributed by atoms with van der Waals surface area (Å²) in [6.07, 6.45) is 2.30. The maximum Gasteiger partial charge on any atom is 0.0462 e. The van der Waals surface area contributed by atoms with Gasteiger partial charge in [-0.3, -0.25) is 4.99 Å². The number of anilines is 1. The molecule has 136 valence electrons. The fourth-order valence-electron chi connectivity index (χ4n) is 4.32. The first-order valence-corrected chi connectivity index (χ1v) is 9.30. The standard InChI is InChI=1S/C24H30N2/c1-17-12-8-9-13-18(17)23(2,3)21(25-6)16-22-24(4,5)19-14-10-11-15-20(19)26(22)7/h8-16H,1-7H3/b22-16-,25-21+. The summed E-state index contributed by atoms with van der Waals surface area (Å²) in [5, 5.41) is 0. The lowest BCUT2D eigenvalue weighted by atomic mass is 9.76. The molecule has 2 nitrogen and oxygen atoms in total. The van der Waals surface area contributed by atoms with E-state index >= 15 is 0 Å². The molecule has 0 saturated heterocycles. The molecule has 1 aliphatic rings. The second-order valence-corrected chi connectivity index (χ2v) is 8.28. The molecule has 3 rings (SSSR count). The fraction of sp³-hybridized carbons (Fsp3) is 0.375. The Bertz CT molecular complexity index is 885. The normalized spacial score (nSPS) is 18.3. The molecule has 0 atom stereocenters. The van der Waals surface area contributed by atoms with Crippen LogP contribution in [0, 0.1) is 6.92 Å². The van der Waals surface area contributed by atoms with Crippen LogP contribution in [0.3, 0.4) is 0 Å². The van der Waals surface area contributed by atoms with E-state index in [2.05, 4.69) is 101 Å². The van der Waals surface area contributed by atoms with Gasteiger partial charge in [-0.1, -0.05) is 70.2 Å². The van der Waals surface area contributed by atoms with E-state index in [9.17, 15) is 0 Å². The molecule has 0 radical (unpaired) electrons. The number of fused-ring (bicyclic) bond motifs is 1. The highest BCUT2D eigenvalue weighted by Gasteiger charge is 2.39. The van der Waals surface area contributed by atoms with E-state index in [0.29, 0.717) is 0 Å². The third-order valence-corrected chi connectivity index (χ3v) is 5.91. The van der Waals surface area contributed by atoms with E-state index in [-0.39, 0.29) is 10.8 Å². The topological polar surface area (TPSA) is 15.6 Å². The van der Waals surface area contributed by atoms with Crippen molar-refractivity contribution < 1.29 is 0 Å². The summed E-state index contributed by atoms with van der Waals surface area (Å²) >= 11 is 0. The SMILES string of the molecule is C/N=C(\C=C1/N(C)c2ccccc2C1(C)C)C(C)(C)c1ccccc1C. The van der Waals surface area contributed by atoms with Crippen molar-refractivity contribution in [3.63, 3.8) is 0 Å². The second-order valence-electron chi connectivity index (χ2n) is 8.28. The number of aliphatic imine (C=N–C) groups is 1. The predicted octanol–water partition coefficient (Wildman–Crippen LogP) is 5.65. The number of benzene rings is 2. The van der Waals surface area contributed by atoms with Gasteiger partial charge in [-0.15, -0.1) is 0 Å². The number of rotatable bonds is 3. The van der Waals surface area contributed by atoms with Crippen molar-refractivity contribution in [2.75, 3.05) is 19.0 Å². The van der Waals surface area contributed by atoms with Crippen LogP contribution in [0.15, 0.2) is 65.3 Å². The summed E-state index contributed by atoms with van der Waals surface area (Å²) in [6, 6.07) is 17.3. The Morgan fingerprint density at radius 3 is 2.27 bits per heavy atom. The summed E-state index contributed by atoms with van der Waals surface area (Å²) in [7, 11) is 4.06. The molecule has 0 N–H and O–H groups in total. The molecule has 2 aromatic rings. The van der Waals surface area contributed by atoms with Crippen LogP contribution in [0.1, 0.15) is 44.4 Å². The average Bonchev–Trinajstić information content (AvgIpc) is 2.80. The van der Waals surface area contributed by atoms with Gasteiger partial charge >= 0.3 is 0 Å². The number of hydrogen-bond donors (Lipinski definition) is 0. The first-order chi connectivity index (χ1) is 12.2. The van der Waals surface area contributed by atoms with Gasteiger partial charge < -0.3 is 4.90 Å². The maximum absolute atomic E-state index is 4.72. The smallest absolute Gasteiger partial charge is 0.0462 e. The molecule has 0 fully saturated rings. The van der Waals surface area contributed by atoms with E-state index in [0.717, 1.165) is 5.71 Å². The maximum atomic E-state index is 4.72. The number of allylic oxidation sites excluding steroid dienone is 2. The van der Waals surface area contributed by atoms with Gasteiger partial charge in [-0.2, -0.15) is 0 Å². The van der Waals surface area contributed by atoms with Crippen LogP contribution in [0.25, 0.3) is 0 Å². The number of para-hydroxylation sites is 1. The highest BCUT2D eigenvalue weighted by atomic mass is 15.2. The molecule has 2 aromatic carbocycles. The highest BCUT2D eigenvalue weighted by Crippen LogP contribution is 2.47. The minimum Gasteiger partial charge on any atom is -0.347 e. The van der Waals surface area contributed by atoms with Crippen molar-refractivity contribution in [1.29, 1.82) is 0 Å². The van der Waals surface area contributed by atoms with Gasteiger partial charge in [0.05, 0.1) is 0 Å². The molecule has 0 amide bonds. The number of hydrogen-bond acceptors (Lipinski definition) is 2. The first-order valence-electron chi connectivity index (χ1n) is 9.30. The molecular formula is C24H30N2. The van der Waals surface area contributed by atoms with E-state index in [1.54, 1.807) is 0 Å². The third-order valence-electron chi connectivity index (χ3n) is 5.91. The zero-order valence-electron chi connectivity index (χ0n) is 17.1. The van der Waals surface area contributed by atoms with Gasteiger partial charge in [-0.25, -0.2) is 0 Å². The zero-order valence-corrected chi connectivity index (χ0v) is 17.1. The largest absolute Gasteiger partial charge is 0.347 e. The lowest BCUT2D eigenvalue weighted by molar-refractivity contribution is 0.638. The van der Waals surface area contributed by atoms with Gasteiger partial charge in [0.2, 0.25) is 0 Å². The van der Waals surface area contributed by atoms with Crippen LogP contribution in [0.4, 0.5) is 5.69 Å². The summed E-state index contributed by atoms with van der Waals surface area (Å²) in [4.78, 5) is 7.03. The highest BCUT2D eigenvalue weighted by molar-refractivity contribution is 6.04. The number of aryl methyl sites for hydroxylation is 1. The fourth-order valence-corrected chi connectivity index (χ4v) is 4.32. The quantitative estimate of drug-likeness (QED) is 0.655. The Kier molecular flexibility index (Phi) is 4.56. The lowest BCUT2D eigenvalue weighted by Crippen LogP contribution is -2.32. The molecule has 0 spiro atoms. The summed E-state index contributed by atoms with van der Waals surface area (Å²) < 4.78 is 0. The molecule has 2 heteroatoms. The minimum absolute atomic E-state index is 0.0386. The monoisotopic (exact) mass is 346 g/mol. The average molecular weight is 347 g/mol. The van der Waals surface area contributed by atoms with Crippen LogP contribution in [0.2, 0.25) is 0 Å². The van der Waals surface area contributed by atoms with Gasteiger partial charge in [0.25, 0.3) is 0 Å². The van der Waals surface area contributed by atoms with E-state index in [4.69, 9.17) is 4.99 Å². The Morgan fingerprint density at radius 2 is 1.65 bits per heavy atom. The van der Waals surface area contributed by atoms with Gasteiger partial charge in [0.15, 0.2) is 0 Å². The van der Waals surface area contributed by atoms with E-state index in [1.165, 1.54) is 28.1 Å². The van der Waals surface area contributed by atoms with Gasteiger partial charge in [0, 0.05) is 42.0 Å². The number of nitrogens with zero attached hydrogens (tertiary/aromatic N) is 2. The van der Waals surface area contributed by atoms with Crippen molar-refractivity contribution in [3.8, 4) is 0 Å². The Morgan fingerprint density at radius 1 is 1.04 bits per heavy atom. The zero-order chi connectivity index (χ0) is 19.1. The predicted molar refractivity (Wildman–Crippen MR) is 114 cm³/mol. The molecule has 0 aliphatic carbocycles. The molecular weight excluding hydrogens is 316 g/mol. The Balaban J connectivity index is 2.10.